The number of carbonyl (C=O) groups is 1. The minimum Gasteiger partial charge on any atom is -0.339 e. The number of carbonyl (C=O) groups excluding carboxylic acids is 1. The van der Waals surface area contributed by atoms with Gasteiger partial charge in [0.05, 0.1) is 11.0 Å². The summed E-state index contributed by atoms with van der Waals surface area (Å²) >= 11 is 0. The summed E-state index contributed by atoms with van der Waals surface area (Å²) in [6, 6.07) is 26.2. The predicted octanol–water partition coefficient (Wildman–Crippen LogP) is 5.34. The summed E-state index contributed by atoms with van der Waals surface area (Å²) in [6.07, 6.45) is 0.323. The molecular formula is C24H24N2O3. The second-order valence-electron chi connectivity index (χ2n) is 7.11. The van der Waals surface area contributed by atoms with Gasteiger partial charge < -0.3 is 4.90 Å². The molecule has 5 nitrogen and oxygen atoms in total. The van der Waals surface area contributed by atoms with E-state index in [4.69, 9.17) is 0 Å². The van der Waals surface area contributed by atoms with E-state index in [0.717, 1.165) is 16.7 Å². The van der Waals surface area contributed by atoms with Crippen LogP contribution in [-0.2, 0) is 4.79 Å². The van der Waals surface area contributed by atoms with Crippen LogP contribution in [0, 0.1) is 10.1 Å². The van der Waals surface area contributed by atoms with Crippen molar-refractivity contribution in [2.24, 2.45) is 0 Å². The van der Waals surface area contributed by atoms with Crippen molar-refractivity contribution in [3.8, 4) is 0 Å². The second kappa shape index (κ2) is 9.15. The molecule has 0 unspecified atom stereocenters. The van der Waals surface area contributed by atoms with Gasteiger partial charge in [-0.25, -0.2) is 0 Å². The third-order valence-corrected chi connectivity index (χ3v) is 5.32. The molecule has 0 saturated heterocycles. The molecule has 0 bridgehead atoms. The number of amides is 1. The highest BCUT2D eigenvalue weighted by molar-refractivity contribution is 5.78. The lowest BCUT2D eigenvalue weighted by Crippen LogP contribution is -2.31. The summed E-state index contributed by atoms with van der Waals surface area (Å²) in [5.74, 6) is -0.0635. The topological polar surface area (TPSA) is 63.5 Å². The predicted molar refractivity (Wildman–Crippen MR) is 114 cm³/mol. The summed E-state index contributed by atoms with van der Waals surface area (Å²) in [7, 11) is 1.75. The zero-order chi connectivity index (χ0) is 20.8. The Morgan fingerprint density at radius 3 is 1.93 bits per heavy atom. The van der Waals surface area contributed by atoms with Crippen LogP contribution in [0.2, 0.25) is 0 Å². The number of nitro benzene ring substituents is 1. The molecular weight excluding hydrogens is 364 g/mol. The molecule has 1 atom stereocenters. The number of benzene rings is 3. The average molecular weight is 388 g/mol. The number of non-ortho nitro benzene ring substituents is 1. The molecule has 0 saturated carbocycles. The first-order valence-electron chi connectivity index (χ1n) is 9.57. The van der Waals surface area contributed by atoms with E-state index in [1.807, 2.05) is 73.7 Å². The fourth-order valence-electron chi connectivity index (χ4n) is 3.46. The molecule has 3 aromatic carbocycles. The van der Waals surface area contributed by atoms with Crippen LogP contribution in [0.3, 0.4) is 0 Å². The molecule has 0 aliphatic rings. The smallest absolute Gasteiger partial charge is 0.269 e. The van der Waals surface area contributed by atoms with E-state index in [9.17, 15) is 14.9 Å². The third-order valence-electron chi connectivity index (χ3n) is 5.32. The van der Waals surface area contributed by atoms with E-state index in [1.165, 1.54) is 12.1 Å². The van der Waals surface area contributed by atoms with Crippen molar-refractivity contribution in [2.45, 2.75) is 25.3 Å². The number of hydrogen-bond acceptors (Lipinski definition) is 3. The van der Waals surface area contributed by atoms with Crippen molar-refractivity contribution in [2.75, 3.05) is 7.05 Å². The van der Waals surface area contributed by atoms with Crippen molar-refractivity contribution in [3.05, 3.63) is 112 Å². The summed E-state index contributed by atoms with van der Waals surface area (Å²) in [6.45, 7) is 1.89. The highest BCUT2D eigenvalue weighted by Gasteiger charge is 2.24. The molecule has 0 radical (unpaired) electrons. The van der Waals surface area contributed by atoms with Gasteiger partial charge in [-0.05, 0) is 23.6 Å². The van der Waals surface area contributed by atoms with Gasteiger partial charge in [-0.1, -0.05) is 72.8 Å². The van der Waals surface area contributed by atoms with Gasteiger partial charge in [0.1, 0.15) is 0 Å². The fourth-order valence-corrected chi connectivity index (χ4v) is 3.46. The van der Waals surface area contributed by atoms with Crippen LogP contribution in [-0.4, -0.2) is 22.8 Å². The number of nitrogens with zero attached hydrogens (tertiary/aromatic N) is 2. The van der Waals surface area contributed by atoms with E-state index in [1.54, 1.807) is 18.0 Å². The van der Waals surface area contributed by atoms with Crippen LogP contribution in [0.1, 0.15) is 42.0 Å². The van der Waals surface area contributed by atoms with Crippen molar-refractivity contribution in [1.29, 1.82) is 0 Å². The van der Waals surface area contributed by atoms with E-state index in [-0.39, 0.29) is 23.6 Å². The fraction of sp³-hybridized carbons (Fsp3) is 0.208. The van der Waals surface area contributed by atoms with E-state index >= 15 is 0 Å². The van der Waals surface area contributed by atoms with Crippen LogP contribution < -0.4 is 0 Å². The van der Waals surface area contributed by atoms with Crippen LogP contribution in [0.25, 0.3) is 0 Å². The van der Waals surface area contributed by atoms with Gasteiger partial charge in [0.25, 0.3) is 5.69 Å². The molecule has 0 N–H and O–H groups in total. The van der Waals surface area contributed by atoms with E-state index in [2.05, 4.69) is 0 Å². The van der Waals surface area contributed by atoms with Crippen LogP contribution in [0.5, 0.6) is 0 Å². The monoisotopic (exact) mass is 388 g/mol. The molecule has 3 aromatic rings. The molecule has 0 fully saturated rings. The normalized spacial score (nSPS) is 11.8. The molecule has 29 heavy (non-hydrogen) atoms. The van der Waals surface area contributed by atoms with Gasteiger partial charge in [0.15, 0.2) is 0 Å². The number of hydrogen-bond donors (Lipinski definition) is 0. The van der Waals surface area contributed by atoms with Crippen molar-refractivity contribution in [1.82, 2.24) is 4.90 Å². The Hall–Kier alpha value is -3.47. The minimum atomic E-state index is -0.418. The molecule has 5 heteroatoms. The lowest BCUT2D eigenvalue weighted by atomic mass is 9.88. The van der Waals surface area contributed by atoms with Gasteiger partial charge in [-0.3, -0.25) is 14.9 Å². The molecule has 0 aromatic heterocycles. The first kappa shape index (κ1) is 20.3. The maximum atomic E-state index is 13.1. The van der Waals surface area contributed by atoms with E-state index < -0.39 is 4.92 Å². The Bertz CT molecular complexity index is 934. The summed E-state index contributed by atoms with van der Waals surface area (Å²) in [5.41, 5.74) is 2.94. The van der Waals surface area contributed by atoms with Crippen LogP contribution >= 0.6 is 0 Å². The molecule has 0 aliphatic carbocycles. The Kier molecular flexibility index (Phi) is 6.39. The Morgan fingerprint density at radius 2 is 1.41 bits per heavy atom. The van der Waals surface area contributed by atoms with Crippen LogP contribution in [0.15, 0.2) is 84.9 Å². The van der Waals surface area contributed by atoms with Crippen molar-refractivity contribution >= 4 is 11.6 Å². The van der Waals surface area contributed by atoms with Gasteiger partial charge in [0.2, 0.25) is 5.91 Å². The largest absolute Gasteiger partial charge is 0.339 e. The van der Waals surface area contributed by atoms with Gasteiger partial charge in [-0.2, -0.15) is 0 Å². The highest BCUT2D eigenvalue weighted by Crippen LogP contribution is 2.30. The standard InChI is InChI=1S/C24H24N2O3/c1-18(21-14-9-15-22(16-21)26(28)29)25(2)24(27)17-23(19-10-5-3-6-11-19)20-12-7-4-8-13-20/h3-16,18,23H,17H2,1-2H3/t18-/m1/s1. The summed E-state index contributed by atoms with van der Waals surface area (Å²) in [4.78, 5) is 25.4. The zero-order valence-electron chi connectivity index (χ0n) is 16.6. The number of rotatable bonds is 7. The van der Waals surface area contributed by atoms with E-state index in [0.29, 0.717) is 6.42 Å². The maximum absolute atomic E-state index is 13.1. The van der Waals surface area contributed by atoms with Gasteiger partial charge in [0, 0.05) is 31.5 Å². The molecule has 0 spiro atoms. The molecule has 0 heterocycles. The van der Waals surface area contributed by atoms with Crippen molar-refractivity contribution in [3.63, 3.8) is 0 Å². The molecule has 1 amide bonds. The second-order valence-corrected chi connectivity index (χ2v) is 7.11. The zero-order valence-corrected chi connectivity index (χ0v) is 16.6. The Labute approximate surface area is 170 Å². The number of nitro groups is 1. The van der Waals surface area contributed by atoms with Crippen molar-refractivity contribution < 1.29 is 9.72 Å². The lowest BCUT2D eigenvalue weighted by Gasteiger charge is -2.28. The first-order chi connectivity index (χ1) is 14.0. The Morgan fingerprint density at radius 1 is 0.897 bits per heavy atom. The third kappa shape index (κ3) is 4.88. The average Bonchev–Trinajstić information content (AvgIpc) is 2.77. The SMILES string of the molecule is C[C@H](c1cccc([N+](=O)[O-])c1)N(C)C(=O)CC(c1ccccc1)c1ccccc1. The molecule has 0 aliphatic heterocycles. The summed E-state index contributed by atoms with van der Waals surface area (Å²) < 4.78 is 0. The molecule has 148 valence electrons. The first-order valence-corrected chi connectivity index (χ1v) is 9.57. The Balaban J connectivity index is 1.82. The molecule has 3 rings (SSSR count). The minimum absolute atomic E-state index is 0.0123. The van der Waals surface area contributed by atoms with Gasteiger partial charge in [-0.15, -0.1) is 0 Å². The lowest BCUT2D eigenvalue weighted by molar-refractivity contribution is -0.384. The van der Waals surface area contributed by atoms with Gasteiger partial charge >= 0.3 is 0 Å². The highest BCUT2D eigenvalue weighted by atomic mass is 16.6. The van der Waals surface area contributed by atoms with Crippen LogP contribution in [0.4, 0.5) is 5.69 Å². The maximum Gasteiger partial charge on any atom is 0.269 e. The quantitative estimate of drug-likeness (QED) is 0.405. The summed E-state index contributed by atoms with van der Waals surface area (Å²) in [5, 5.41) is 11.1.